The van der Waals surface area contributed by atoms with Crippen molar-refractivity contribution in [2.75, 3.05) is 0 Å². The summed E-state index contributed by atoms with van der Waals surface area (Å²) < 4.78 is 2.01. The van der Waals surface area contributed by atoms with E-state index in [1.54, 1.807) is 6.92 Å². The van der Waals surface area contributed by atoms with Gasteiger partial charge >= 0.3 is 0 Å². The van der Waals surface area contributed by atoms with Gasteiger partial charge in [-0.1, -0.05) is 20.8 Å². The number of carbonyl (C=O) groups is 1. The molecule has 116 valence electrons. The molecule has 4 heterocycles. The molecule has 0 aromatic carbocycles. The van der Waals surface area contributed by atoms with Crippen LogP contribution in [0.2, 0.25) is 0 Å². The minimum Gasteiger partial charge on any atom is -0.332 e. The number of nitrogens with zero attached hydrogens (tertiary/aromatic N) is 4. The average Bonchev–Trinajstić information content (AvgIpc) is 2.99. The standard InChI is InChI=1S/C17H22N4O/c1-10(22)20-11-5-6-13(20)12-9-18-16-8-15(17(2,3)4)19-21(16)14(12)7-11/h8-9,11,13H,5-7H2,1-4H3. The molecule has 4 rings (SSSR count). The van der Waals surface area contributed by atoms with E-state index in [2.05, 4.69) is 31.8 Å². The number of fused-ring (bicyclic) bond motifs is 6. The van der Waals surface area contributed by atoms with E-state index < -0.39 is 0 Å². The van der Waals surface area contributed by atoms with Crippen molar-refractivity contribution < 1.29 is 4.79 Å². The van der Waals surface area contributed by atoms with Crippen molar-refractivity contribution in [2.24, 2.45) is 0 Å². The minimum absolute atomic E-state index is 0.0135. The fraction of sp³-hybridized carbons (Fsp3) is 0.588. The van der Waals surface area contributed by atoms with Crippen molar-refractivity contribution in [1.82, 2.24) is 19.5 Å². The number of hydrogen-bond donors (Lipinski definition) is 0. The summed E-state index contributed by atoms with van der Waals surface area (Å²) in [5.74, 6) is 0.175. The van der Waals surface area contributed by atoms with Gasteiger partial charge in [0, 0.05) is 42.6 Å². The Morgan fingerprint density at radius 1 is 1.32 bits per heavy atom. The van der Waals surface area contributed by atoms with E-state index in [1.165, 1.54) is 11.3 Å². The second-order valence-corrected chi connectivity index (χ2v) is 7.59. The third-order valence-electron chi connectivity index (χ3n) is 5.04. The summed E-state index contributed by atoms with van der Waals surface area (Å²) in [4.78, 5) is 18.6. The summed E-state index contributed by atoms with van der Waals surface area (Å²) in [5, 5.41) is 4.81. The van der Waals surface area contributed by atoms with Crippen LogP contribution >= 0.6 is 0 Å². The van der Waals surface area contributed by atoms with Gasteiger partial charge < -0.3 is 4.90 Å². The van der Waals surface area contributed by atoms with E-state index >= 15 is 0 Å². The molecule has 5 nitrogen and oxygen atoms in total. The lowest BCUT2D eigenvalue weighted by Crippen LogP contribution is -2.41. The van der Waals surface area contributed by atoms with Crippen molar-refractivity contribution >= 4 is 11.6 Å². The SMILES string of the molecule is CC(=O)N1C2CCC1c1cnc3cc(C(C)(C)C)nn3c1C2. The molecule has 2 atom stereocenters. The van der Waals surface area contributed by atoms with Crippen LogP contribution in [-0.4, -0.2) is 31.4 Å². The van der Waals surface area contributed by atoms with Gasteiger partial charge in [0.05, 0.1) is 17.4 Å². The van der Waals surface area contributed by atoms with Crippen LogP contribution in [-0.2, 0) is 16.6 Å². The first kappa shape index (κ1) is 13.7. The Bertz CT molecular complexity index is 771. The van der Waals surface area contributed by atoms with Crippen LogP contribution in [0.4, 0.5) is 0 Å². The van der Waals surface area contributed by atoms with E-state index in [-0.39, 0.29) is 17.4 Å². The van der Waals surface area contributed by atoms with Crippen LogP contribution in [0.3, 0.4) is 0 Å². The number of aromatic nitrogens is 3. The summed E-state index contributed by atoms with van der Waals surface area (Å²) in [5.41, 5.74) is 4.42. The van der Waals surface area contributed by atoms with Gasteiger partial charge in [-0.25, -0.2) is 9.50 Å². The summed E-state index contributed by atoms with van der Waals surface area (Å²) in [6, 6.07) is 2.59. The van der Waals surface area contributed by atoms with Gasteiger partial charge in [-0.15, -0.1) is 0 Å². The lowest BCUT2D eigenvalue weighted by molar-refractivity contribution is -0.132. The van der Waals surface area contributed by atoms with Gasteiger partial charge in [0.2, 0.25) is 5.91 Å². The third kappa shape index (κ3) is 1.81. The molecule has 5 heteroatoms. The molecule has 0 saturated carbocycles. The van der Waals surface area contributed by atoms with Gasteiger partial charge in [0.1, 0.15) is 0 Å². The van der Waals surface area contributed by atoms with E-state index in [4.69, 9.17) is 5.10 Å². The molecule has 22 heavy (non-hydrogen) atoms. The quantitative estimate of drug-likeness (QED) is 0.751. The van der Waals surface area contributed by atoms with Crippen LogP contribution in [0.15, 0.2) is 12.3 Å². The normalized spacial score (nSPS) is 23.9. The van der Waals surface area contributed by atoms with Crippen molar-refractivity contribution in [3.8, 4) is 0 Å². The molecule has 2 aliphatic heterocycles. The smallest absolute Gasteiger partial charge is 0.220 e. The summed E-state index contributed by atoms with van der Waals surface area (Å²) >= 11 is 0. The molecule has 0 spiro atoms. The predicted octanol–water partition coefficient (Wildman–Crippen LogP) is 2.63. The van der Waals surface area contributed by atoms with Crippen molar-refractivity contribution in [3.05, 3.63) is 29.2 Å². The highest BCUT2D eigenvalue weighted by atomic mass is 16.2. The van der Waals surface area contributed by atoms with E-state index in [0.29, 0.717) is 6.04 Å². The van der Waals surface area contributed by atoms with Gasteiger partial charge in [-0.2, -0.15) is 5.10 Å². The molecule has 0 N–H and O–H groups in total. The zero-order valence-electron chi connectivity index (χ0n) is 13.6. The minimum atomic E-state index is 0.0135. The Hall–Kier alpha value is -1.91. The van der Waals surface area contributed by atoms with Crippen LogP contribution in [0.25, 0.3) is 5.65 Å². The average molecular weight is 298 g/mol. The van der Waals surface area contributed by atoms with Crippen molar-refractivity contribution in [3.63, 3.8) is 0 Å². The largest absolute Gasteiger partial charge is 0.332 e. The fourth-order valence-electron chi connectivity index (χ4n) is 3.93. The molecule has 1 saturated heterocycles. The van der Waals surface area contributed by atoms with Crippen molar-refractivity contribution in [2.45, 2.75) is 64.5 Å². The van der Waals surface area contributed by atoms with Gasteiger partial charge in [-0.3, -0.25) is 4.79 Å². The zero-order chi connectivity index (χ0) is 15.6. The van der Waals surface area contributed by atoms with Crippen LogP contribution < -0.4 is 0 Å². The Morgan fingerprint density at radius 2 is 2.09 bits per heavy atom. The molecule has 1 amide bonds. The van der Waals surface area contributed by atoms with Gasteiger partial charge in [0.15, 0.2) is 5.65 Å². The molecule has 2 aromatic heterocycles. The molecule has 1 fully saturated rings. The predicted molar refractivity (Wildman–Crippen MR) is 83.7 cm³/mol. The molecule has 2 aliphatic rings. The van der Waals surface area contributed by atoms with Gasteiger partial charge in [0.25, 0.3) is 0 Å². The fourth-order valence-corrected chi connectivity index (χ4v) is 3.93. The monoisotopic (exact) mass is 298 g/mol. The second kappa shape index (κ2) is 4.31. The second-order valence-electron chi connectivity index (χ2n) is 7.59. The number of hydrogen-bond acceptors (Lipinski definition) is 3. The molecule has 2 aromatic rings. The Labute approximate surface area is 130 Å². The number of amides is 1. The Balaban J connectivity index is 1.89. The molecule has 0 radical (unpaired) electrons. The van der Waals surface area contributed by atoms with Crippen LogP contribution in [0.5, 0.6) is 0 Å². The molecule has 0 aliphatic carbocycles. The molecular formula is C17H22N4O. The summed E-state index contributed by atoms with van der Waals surface area (Å²) in [7, 11) is 0. The summed E-state index contributed by atoms with van der Waals surface area (Å²) in [6.45, 7) is 8.18. The first-order valence-electron chi connectivity index (χ1n) is 8.03. The zero-order valence-corrected chi connectivity index (χ0v) is 13.6. The van der Waals surface area contributed by atoms with E-state index in [9.17, 15) is 4.79 Å². The Kier molecular flexibility index (Phi) is 2.69. The molecule has 2 bridgehead atoms. The van der Waals surface area contributed by atoms with Crippen LogP contribution in [0, 0.1) is 0 Å². The maximum absolute atomic E-state index is 12.0. The first-order valence-corrected chi connectivity index (χ1v) is 8.03. The highest BCUT2D eigenvalue weighted by molar-refractivity contribution is 5.75. The third-order valence-corrected chi connectivity index (χ3v) is 5.04. The maximum atomic E-state index is 12.0. The van der Waals surface area contributed by atoms with Crippen LogP contribution in [0.1, 0.15) is 63.5 Å². The summed E-state index contributed by atoms with van der Waals surface area (Å²) in [6.07, 6.45) is 4.96. The van der Waals surface area contributed by atoms with E-state index in [0.717, 1.165) is 30.6 Å². The van der Waals surface area contributed by atoms with Crippen molar-refractivity contribution in [1.29, 1.82) is 0 Å². The topological polar surface area (TPSA) is 50.5 Å². The molecule has 2 unspecified atom stereocenters. The highest BCUT2D eigenvalue weighted by Gasteiger charge is 2.42. The van der Waals surface area contributed by atoms with E-state index in [1.807, 2.05) is 15.6 Å². The maximum Gasteiger partial charge on any atom is 0.220 e. The molecular weight excluding hydrogens is 276 g/mol. The number of carbonyl (C=O) groups excluding carboxylic acids is 1. The lowest BCUT2D eigenvalue weighted by Gasteiger charge is -2.35. The lowest BCUT2D eigenvalue weighted by atomic mass is 9.93. The highest BCUT2D eigenvalue weighted by Crippen LogP contribution is 2.43. The first-order chi connectivity index (χ1) is 10.4. The number of rotatable bonds is 0. The Morgan fingerprint density at radius 3 is 2.77 bits per heavy atom. The van der Waals surface area contributed by atoms with Gasteiger partial charge in [-0.05, 0) is 12.8 Å².